The number of amides is 1. The molecule has 0 atom stereocenters. The van der Waals surface area contributed by atoms with Crippen molar-refractivity contribution in [3.05, 3.63) is 0 Å². The van der Waals surface area contributed by atoms with E-state index < -0.39 is 11.5 Å². The first-order chi connectivity index (χ1) is 9.10. The van der Waals surface area contributed by atoms with Crippen molar-refractivity contribution >= 4 is 11.9 Å². The molecule has 2 saturated carbocycles. The summed E-state index contributed by atoms with van der Waals surface area (Å²) >= 11 is 0. The molecule has 0 spiro atoms. The van der Waals surface area contributed by atoms with E-state index in [9.17, 15) is 9.59 Å². The maximum Gasteiger partial charge on any atom is 0.305 e. The van der Waals surface area contributed by atoms with Gasteiger partial charge in [0, 0.05) is 6.42 Å². The smallest absolute Gasteiger partial charge is 0.305 e. The highest BCUT2D eigenvalue weighted by Crippen LogP contribution is 2.32. The molecule has 0 aliphatic heterocycles. The van der Waals surface area contributed by atoms with Gasteiger partial charge < -0.3 is 10.4 Å². The molecule has 2 aliphatic carbocycles. The number of nitrogens with one attached hydrogen (secondary N) is 1. The monoisotopic (exact) mass is 267 g/mol. The Morgan fingerprint density at radius 3 is 2.26 bits per heavy atom. The molecule has 0 radical (unpaired) electrons. The molecule has 2 fully saturated rings. The fourth-order valence-corrected chi connectivity index (χ4v) is 3.69. The summed E-state index contributed by atoms with van der Waals surface area (Å²) in [5, 5.41) is 12.1. The van der Waals surface area contributed by atoms with Gasteiger partial charge in [0.05, 0.1) is 12.0 Å². The predicted molar refractivity (Wildman–Crippen MR) is 72.8 cm³/mol. The number of carboxylic acids is 1. The van der Waals surface area contributed by atoms with Crippen LogP contribution in [0.25, 0.3) is 0 Å². The van der Waals surface area contributed by atoms with Gasteiger partial charge in [-0.2, -0.15) is 0 Å². The highest BCUT2D eigenvalue weighted by Gasteiger charge is 2.36. The van der Waals surface area contributed by atoms with Crippen LogP contribution in [0, 0.1) is 5.92 Å². The molecule has 0 aromatic rings. The minimum Gasteiger partial charge on any atom is -0.481 e. The van der Waals surface area contributed by atoms with E-state index in [1.165, 1.54) is 12.8 Å². The maximum absolute atomic E-state index is 12.1. The normalized spacial score (nSPS) is 23.2. The van der Waals surface area contributed by atoms with Crippen molar-refractivity contribution < 1.29 is 14.7 Å². The van der Waals surface area contributed by atoms with Crippen LogP contribution in [0.5, 0.6) is 0 Å². The topological polar surface area (TPSA) is 66.4 Å². The summed E-state index contributed by atoms with van der Waals surface area (Å²) in [6.45, 7) is 0. The van der Waals surface area contributed by atoms with Crippen LogP contribution in [0.15, 0.2) is 0 Å². The van der Waals surface area contributed by atoms with E-state index in [0.717, 1.165) is 44.9 Å². The van der Waals surface area contributed by atoms with Crippen molar-refractivity contribution in [1.29, 1.82) is 0 Å². The van der Waals surface area contributed by atoms with E-state index in [1.807, 2.05) is 0 Å². The Balaban J connectivity index is 1.90. The zero-order chi connectivity index (χ0) is 13.7. The lowest BCUT2D eigenvalue weighted by Gasteiger charge is -2.37. The second kappa shape index (κ2) is 6.40. The minimum absolute atomic E-state index is 0.0649. The Labute approximate surface area is 115 Å². The Morgan fingerprint density at radius 2 is 1.68 bits per heavy atom. The molecule has 2 N–H and O–H groups in total. The third-order valence-electron chi connectivity index (χ3n) is 4.65. The van der Waals surface area contributed by atoms with Crippen LogP contribution in [0.2, 0.25) is 0 Å². The summed E-state index contributed by atoms with van der Waals surface area (Å²) < 4.78 is 0. The summed E-state index contributed by atoms with van der Waals surface area (Å²) in [5.41, 5.74) is -0.472. The fraction of sp³-hybridized carbons (Fsp3) is 0.867. The second-order valence-electron chi connectivity index (χ2n) is 6.31. The van der Waals surface area contributed by atoms with Crippen LogP contribution in [0.4, 0.5) is 0 Å². The second-order valence-corrected chi connectivity index (χ2v) is 6.31. The molecular formula is C15H25NO3. The van der Waals surface area contributed by atoms with Crippen LogP contribution in [-0.4, -0.2) is 22.5 Å². The lowest BCUT2D eigenvalue weighted by atomic mass is 9.79. The largest absolute Gasteiger partial charge is 0.481 e. The highest BCUT2D eigenvalue weighted by molar-refractivity contribution is 5.78. The Morgan fingerprint density at radius 1 is 1.05 bits per heavy atom. The van der Waals surface area contributed by atoms with Crippen LogP contribution in [-0.2, 0) is 9.59 Å². The third kappa shape index (κ3) is 4.22. The third-order valence-corrected chi connectivity index (χ3v) is 4.65. The number of carbonyl (C=O) groups excluding carboxylic acids is 1. The van der Waals surface area contributed by atoms with Gasteiger partial charge in [-0.15, -0.1) is 0 Å². The highest BCUT2D eigenvalue weighted by atomic mass is 16.4. The van der Waals surface area contributed by atoms with E-state index in [4.69, 9.17) is 5.11 Å². The average molecular weight is 267 g/mol. The zero-order valence-electron chi connectivity index (χ0n) is 11.6. The molecule has 0 saturated heterocycles. The number of hydrogen-bond donors (Lipinski definition) is 2. The van der Waals surface area contributed by atoms with Gasteiger partial charge in [-0.25, -0.2) is 0 Å². The molecule has 0 aromatic heterocycles. The first-order valence-electron chi connectivity index (χ1n) is 7.62. The lowest BCUT2D eigenvalue weighted by molar-refractivity contribution is -0.139. The predicted octanol–water partition coefficient (Wildman–Crippen LogP) is 2.86. The van der Waals surface area contributed by atoms with Crippen LogP contribution >= 0.6 is 0 Å². The van der Waals surface area contributed by atoms with Crippen molar-refractivity contribution in [3.63, 3.8) is 0 Å². The summed E-state index contributed by atoms with van der Waals surface area (Å²) in [7, 11) is 0. The number of rotatable bonds is 5. The van der Waals surface area contributed by atoms with Gasteiger partial charge in [0.15, 0.2) is 0 Å². The van der Waals surface area contributed by atoms with Gasteiger partial charge in [-0.05, 0) is 31.6 Å². The molecule has 4 nitrogen and oxygen atoms in total. The molecule has 0 bridgehead atoms. The van der Waals surface area contributed by atoms with Gasteiger partial charge in [0.1, 0.15) is 0 Å². The Hall–Kier alpha value is -1.06. The summed E-state index contributed by atoms with van der Waals surface area (Å²) in [4.78, 5) is 23.2. The summed E-state index contributed by atoms with van der Waals surface area (Å²) in [6.07, 6.45) is 10.3. The Kier molecular flexibility index (Phi) is 4.83. The summed E-state index contributed by atoms with van der Waals surface area (Å²) in [6, 6.07) is 0. The van der Waals surface area contributed by atoms with E-state index >= 15 is 0 Å². The van der Waals surface area contributed by atoms with Gasteiger partial charge in [-0.1, -0.05) is 32.1 Å². The van der Waals surface area contributed by atoms with E-state index in [1.54, 1.807) is 0 Å². The maximum atomic E-state index is 12.1. The van der Waals surface area contributed by atoms with Gasteiger partial charge in [0.2, 0.25) is 5.91 Å². The van der Waals surface area contributed by atoms with Crippen molar-refractivity contribution in [1.82, 2.24) is 5.32 Å². The van der Waals surface area contributed by atoms with E-state index in [0.29, 0.717) is 12.3 Å². The number of carbonyl (C=O) groups is 2. The van der Waals surface area contributed by atoms with E-state index in [-0.39, 0.29) is 12.3 Å². The molecule has 2 aliphatic rings. The molecule has 0 heterocycles. The van der Waals surface area contributed by atoms with Crippen molar-refractivity contribution in [2.24, 2.45) is 5.92 Å². The molecular weight excluding hydrogens is 242 g/mol. The first-order valence-corrected chi connectivity index (χ1v) is 7.62. The average Bonchev–Trinajstić information content (AvgIpc) is 2.81. The van der Waals surface area contributed by atoms with Crippen molar-refractivity contribution in [3.8, 4) is 0 Å². The van der Waals surface area contributed by atoms with Gasteiger partial charge >= 0.3 is 5.97 Å². The first kappa shape index (κ1) is 14.4. The number of carboxylic acid groups (broad SMARTS) is 1. The molecule has 1 amide bonds. The molecule has 4 heteroatoms. The zero-order valence-corrected chi connectivity index (χ0v) is 11.6. The number of aliphatic carboxylic acids is 1. The molecule has 19 heavy (non-hydrogen) atoms. The fourth-order valence-electron chi connectivity index (χ4n) is 3.69. The van der Waals surface area contributed by atoms with E-state index in [2.05, 4.69) is 5.32 Å². The molecule has 108 valence electrons. The minimum atomic E-state index is -0.803. The molecule has 0 aromatic carbocycles. The van der Waals surface area contributed by atoms with Gasteiger partial charge in [0.25, 0.3) is 0 Å². The SMILES string of the molecule is O=C(O)CC1(NC(=O)CC2CCCC2)CCCCC1. The standard InChI is InChI=1S/C15H25NO3/c17-13(10-12-6-2-3-7-12)16-15(11-14(18)19)8-4-1-5-9-15/h12H,1-11H2,(H,16,17)(H,18,19). The quantitative estimate of drug-likeness (QED) is 0.805. The summed E-state index contributed by atoms with van der Waals surface area (Å²) in [5.74, 6) is -0.219. The molecule has 2 rings (SSSR count). The van der Waals surface area contributed by atoms with Gasteiger partial charge in [-0.3, -0.25) is 9.59 Å². The van der Waals surface area contributed by atoms with Crippen molar-refractivity contribution in [2.75, 3.05) is 0 Å². The van der Waals surface area contributed by atoms with Crippen molar-refractivity contribution in [2.45, 2.75) is 76.2 Å². The lowest BCUT2D eigenvalue weighted by Crippen LogP contribution is -2.51. The molecule has 0 unspecified atom stereocenters. The van der Waals surface area contributed by atoms with Crippen LogP contribution in [0.1, 0.15) is 70.6 Å². The number of hydrogen-bond acceptors (Lipinski definition) is 2. The van der Waals surface area contributed by atoms with Crippen LogP contribution < -0.4 is 5.32 Å². The Bertz CT molecular complexity index is 328. The van der Waals surface area contributed by atoms with Crippen LogP contribution in [0.3, 0.4) is 0 Å².